The van der Waals surface area contributed by atoms with Crippen molar-refractivity contribution in [2.75, 3.05) is 0 Å². The molecule has 2 atom stereocenters. The average Bonchev–Trinajstić information content (AvgIpc) is 3.66. The maximum atomic E-state index is 4.93. The van der Waals surface area contributed by atoms with E-state index < -0.39 is 20.8 Å². The van der Waals surface area contributed by atoms with Crippen LogP contribution in [0.4, 0.5) is 0 Å². The Morgan fingerprint density at radius 3 is 1.89 bits per heavy atom. The Balaban J connectivity index is 0.000000269. The van der Waals surface area contributed by atoms with E-state index in [1.165, 1.54) is 74.2 Å². The minimum atomic E-state index is -0.826. The molecule has 0 fully saturated rings. The molecule has 5 aromatic carbocycles. The number of benzene rings is 3. The molecular weight excluding hydrogens is 683 g/mol. The minimum absolute atomic E-state index is 0.209. The quantitative estimate of drug-likeness (QED) is 0.115. The summed E-state index contributed by atoms with van der Waals surface area (Å²) in [5, 5.41) is 5.62. The van der Waals surface area contributed by atoms with Crippen LogP contribution in [0.3, 0.4) is 0 Å². The molecule has 2 unspecified atom stereocenters. The van der Waals surface area contributed by atoms with Crippen LogP contribution in [0, 0.1) is 0 Å². The van der Waals surface area contributed by atoms with Gasteiger partial charge in [-0.15, -0.1) is 69.1 Å². The van der Waals surface area contributed by atoms with E-state index in [1.54, 1.807) is 0 Å². The first-order chi connectivity index (χ1) is 21.5. The SMILES string of the molecule is CCCC(C)c1cc2c(C(C)CC)cccc2[cH-]1.CCc1cc2c(-c3ccc(C(C)(C)C)cc3)cccc2[cH-]1.C[Si]C.[Cl][Zr+2][Cl]. The maximum absolute atomic E-state index is 4.93. The van der Waals surface area contributed by atoms with Gasteiger partial charge in [0.2, 0.25) is 0 Å². The Morgan fingerprint density at radius 2 is 1.36 bits per heavy atom. The molecule has 0 saturated heterocycles. The molecule has 0 amide bonds. The van der Waals surface area contributed by atoms with E-state index in [-0.39, 0.29) is 5.41 Å². The van der Waals surface area contributed by atoms with Crippen LogP contribution >= 0.6 is 17.0 Å². The van der Waals surface area contributed by atoms with Crippen molar-refractivity contribution < 1.29 is 20.8 Å². The zero-order valence-electron chi connectivity index (χ0n) is 29.3. The monoisotopic (exact) mass is 734 g/mol. The van der Waals surface area contributed by atoms with Crippen molar-refractivity contribution >= 4 is 48.1 Å². The Hall–Kier alpha value is -1.44. The Morgan fingerprint density at radius 1 is 0.778 bits per heavy atom. The molecule has 2 radical (unpaired) electrons. The zero-order valence-corrected chi connectivity index (χ0v) is 34.3. The molecule has 0 heterocycles. The van der Waals surface area contributed by atoms with Gasteiger partial charge >= 0.3 is 37.9 Å². The van der Waals surface area contributed by atoms with Gasteiger partial charge in [0.1, 0.15) is 0 Å². The van der Waals surface area contributed by atoms with Gasteiger partial charge in [-0.05, 0) is 41.2 Å². The summed E-state index contributed by atoms with van der Waals surface area (Å²) in [7, 11) is 11.0. The van der Waals surface area contributed by atoms with Gasteiger partial charge in [-0.2, -0.15) is 12.1 Å². The van der Waals surface area contributed by atoms with Crippen molar-refractivity contribution in [3.8, 4) is 11.1 Å². The fourth-order valence-corrected chi connectivity index (χ4v) is 5.72. The molecule has 0 bridgehead atoms. The predicted octanol–water partition coefficient (Wildman–Crippen LogP) is 14.2. The second-order valence-electron chi connectivity index (χ2n) is 13.1. The van der Waals surface area contributed by atoms with Crippen LogP contribution in [-0.2, 0) is 32.7 Å². The van der Waals surface area contributed by atoms with E-state index in [9.17, 15) is 0 Å². The van der Waals surface area contributed by atoms with E-state index in [0.29, 0.717) is 11.8 Å². The van der Waals surface area contributed by atoms with Crippen LogP contribution in [-0.4, -0.2) is 9.52 Å². The summed E-state index contributed by atoms with van der Waals surface area (Å²) in [6, 6.07) is 31.9. The molecule has 240 valence electrons. The van der Waals surface area contributed by atoms with Crippen molar-refractivity contribution in [2.24, 2.45) is 0 Å². The van der Waals surface area contributed by atoms with Gasteiger partial charge in [0, 0.05) is 9.52 Å². The topological polar surface area (TPSA) is 0 Å². The Kier molecular flexibility index (Phi) is 17.7. The van der Waals surface area contributed by atoms with Gasteiger partial charge in [-0.3, -0.25) is 0 Å². The van der Waals surface area contributed by atoms with Gasteiger partial charge in [0.15, 0.2) is 0 Å². The van der Waals surface area contributed by atoms with Crippen LogP contribution in [0.2, 0.25) is 13.1 Å². The molecule has 45 heavy (non-hydrogen) atoms. The van der Waals surface area contributed by atoms with Crippen molar-refractivity contribution in [3.05, 3.63) is 107 Å². The third-order valence-electron chi connectivity index (χ3n) is 8.52. The molecule has 0 spiro atoms. The van der Waals surface area contributed by atoms with E-state index in [2.05, 4.69) is 153 Å². The van der Waals surface area contributed by atoms with Crippen molar-refractivity contribution in [3.63, 3.8) is 0 Å². The molecule has 0 N–H and O–H groups in total. The van der Waals surface area contributed by atoms with E-state index in [0.717, 1.165) is 15.9 Å². The summed E-state index contributed by atoms with van der Waals surface area (Å²) in [6.07, 6.45) is 4.86. The summed E-state index contributed by atoms with van der Waals surface area (Å²) in [5.74, 6) is 1.35. The van der Waals surface area contributed by atoms with Gasteiger partial charge < -0.3 is 0 Å². The number of hydrogen-bond acceptors (Lipinski definition) is 0. The van der Waals surface area contributed by atoms with E-state index >= 15 is 0 Å². The average molecular weight is 737 g/mol. The summed E-state index contributed by atoms with van der Waals surface area (Å²) >= 11 is -0.826. The molecule has 0 aromatic heterocycles. The summed E-state index contributed by atoms with van der Waals surface area (Å²) in [5.41, 5.74) is 8.70. The molecule has 0 aliphatic rings. The second-order valence-corrected chi connectivity index (χ2v) is 17.8. The number of aryl methyl sites for hydroxylation is 1. The van der Waals surface area contributed by atoms with E-state index in [4.69, 9.17) is 17.0 Å². The third-order valence-corrected chi connectivity index (χ3v) is 8.52. The van der Waals surface area contributed by atoms with Crippen molar-refractivity contribution in [2.45, 2.75) is 111 Å². The van der Waals surface area contributed by atoms with Crippen LogP contribution in [0.15, 0.2) is 84.9 Å². The molecule has 0 aliphatic carbocycles. The van der Waals surface area contributed by atoms with E-state index in [1.807, 2.05) is 0 Å². The van der Waals surface area contributed by atoms with Gasteiger partial charge in [-0.1, -0.05) is 129 Å². The Labute approximate surface area is 296 Å². The molecule has 5 aromatic rings. The first kappa shape index (κ1) is 39.7. The summed E-state index contributed by atoms with van der Waals surface area (Å²) in [6.45, 7) is 22.5. The fraction of sp³-hybridized carbons (Fsp3) is 0.415. The summed E-state index contributed by atoms with van der Waals surface area (Å²) < 4.78 is 0. The summed E-state index contributed by atoms with van der Waals surface area (Å²) in [4.78, 5) is 0. The van der Waals surface area contributed by atoms with Crippen LogP contribution in [0.5, 0.6) is 0 Å². The Bertz CT molecular complexity index is 1540. The first-order valence-corrected chi connectivity index (χ1v) is 24.9. The molecule has 0 aliphatic heterocycles. The second kappa shape index (κ2) is 20.0. The predicted molar refractivity (Wildman–Crippen MR) is 204 cm³/mol. The number of rotatable bonds is 7. The van der Waals surface area contributed by atoms with Crippen molar-refractivity contribution in [1.29, 1.82) is 0 Å². The van der Waals surface area contributed by atoms with Crippen LogP contribution in [0.1, 0.15) is 109 Å². The molecule has 4 heteroatoms. The first-order valence-electron chi connectivity index (χ1n) is 16.5. The molecule has 0 saturated carbocycles. The normalized spacial score (nSPS) is 12.2. The molecule has 0 nitrogen and oxygen atoms in total. The number of halogens is 2. The molecule has 5 rings (SSSR count). The number of hydrogen-bond donors (Lipinski definition) is 0. The van der Waals surface area contributed by atoms with Gasteiger partial charge in [0.05, 0.1) is 0 Å². The van der Waals surface area contributed by atoms with Crippen LogP contribution < -0.4 is 0 Å². The van der Waals surface area contributed by atoms with Crippen molar-refractivity contribution in [1.82, 2.24) is 0 Å². The van der Waals surface area contributed by atoms with Gasteiger partial charge in [-0.25, -0.2) is 0 Å². The number of fused-ring (bicyclic) bond motifs is 2. The fourth-order valence-electron chi connectivity index (χ4n) is 5.72. The van der Waals surface area contributed by atoms with Gasteiger partial charge in [0.25, 0.3) is 0 Å². The third kappa shape index (κ3) is 11.6. The zero-order chi connectivity index (χ0) is 33.6. The standard InChI is InChI=1S/C21H23.C18H25.C2H6Si.2ClH.Zr/c1-5-15-13-17-7-6-8-19(20(17)14-15)16-9-11-18(12-10-16)21(2,3)4;1-5-8-14(4)16-11-15-9-7-10-17(13(3)6-2)18(15)12-16;1-3-2;;;/h6-14H,5H2,1-4H3;7,9-14H,5-6,8H2,1-4H3;1-2H3;2*1H;/q2*-1;;;;+4/p-2. The molecular formula is C41H54Cl2SiZr. The van der Waals surface area contributed by atoms with Crippen LogP contribution in [0.25, 0.3) is 32.7 Å².